The van der Waals surface area contributed by atoms with Crippen molar-refractivity contribution in [1.82, 2.24) is 0 Å². The van der Waals surface area contributed by atoms with Crippen molar-refractivity contribution in [3.05, 3.63) is 35.9 Å². The molecule has 2 aliphatic rings. The molecule has 0 amide bonds. The van der Waals surface area contributed by atoms with Crippen LogP contribution in [0.15, 0.2) is 30.3 Å². The van der Waals surface area contributed by atoms with Crippen LogP contribution >= 0.6 is 0 Å². The monoisotopic (exact) mass is 390 g/mol. The van der Waals surface area contributed by atoms with E-state index in [0.717, 1.165) is 25.7 Å². The summed E-state index contributed by atoms with van der Waals surface area (Å²) in [6.45, 7) is 3.99. The van der Waals surface area contributed by atoms with Gasteiger partial charge < -0.3 is 9.47 Å². The SMILES string of the molecule is CCCCCCC1OC2(c3ccccc3)OC(=N)C(C#N)(C2CC)C1(C#N)C#N. The number of nitriles is 3. The molecule has 1 N–H and O–H groups in total. The van der Waals surface area contributed by atoms with Crippen LogP contribution in [0.5, 0.6) is 0 Å². The molecule has 0 aliphatic carbocycles. The Morgan fingerprint density at radius 2 is 1.69 bits per heavy atom. The summed E-state index contributed by atoms with van der Waals surface area (Å²) in [5, 5.41) is 39.2. The Balaban J connectivity index is 2.19. The first kappa shape index (κ1) is 20.8. The highest BCUT2D eigenvalue weighted by atomic mass is 16.7. The largest absolute Gasteiger partial charge is 0.443 e. The molecule has 2 aliphatic heterocycles. The topological polar surface area (TPSA) is 114 Å². The van der Waals surface area contributed by atoms with Crippen LogP contribution in [0.4, 0.5) is 0 Å². The molecule has 150 valence electrons. The highest BCUT2D eigenvalue weighted by molar-refractivity contribution is 5.89. The smallest absolute Gasteiger partial charge is 0.244 e. The van der Waals surface area contributed by atoms with Gasteiger partial charge in [-0.3, -0.25) is 5.41 Å². The first-order valence-electron chi connectivity index (χ1n) is 10.3. The summed E-state index contributed by atoms with van der Waals surface area (Å²) in [5.74, 6) is -2.31. The Kier molecular flexibility index (Phi) is 5.65. The number of unbranched alkanes of at least 4 members (excludes halogenated alkanes) is 3. The van der Waals surface area contributed by atoms with Crippen molar-refractivity contribution in [3.63, 3.8) is 0 Å². The van der Waals surface area contributed by atoms with E-state index in [2.05, 4.69) is 25.1 Å². The minimum atomic E-state index is -1.79. The molecular weight excluding hydrogens is 364 g/mol. The predicted molar refractivity (Wildman–Crippen MR) is 106 cm³/mol. The van der Waals surface area contributed by atoms with Crippen LogP contribution in [0.3, 0.4) is 0 Å². The van der Waals surface area contributed by atoms with Gasteiger partial charge in [0.2, 0.25) is 11.7 Å². The van der Waals surface area contributed by atoms with Crippen LogP contribution in [-0.2, 0) is 15.3 Å². The van der Waals surface area contributed by atoms with Crippen LogP contribution in [0.1, 0.15) is 57.9 Å². The zero-order chi connectivity index (χ0) is 21.1. The summed E-state index contributed by atoms with van der Waals surface area (Å²) < 4.78 is 12.5. The second-order valence-corrected chi connectivity index (χ2v) is 7.83. The third-order valence-corrected chi connectivity index (χ3v) is 6.45. The number of rotatable bonds is 7. The normalized spacial score (nSPS) is 31.9. The molecule has 2 saturated heterocycles. The van der Waals surface area contributed by atoms with Crippen molar-refractivity contribution in [2.75, 3.05) is 0 Å². The fourth-order valence-corrected chi connectivity index (χ4v) is 5.03. The van der Waals surface area contributed by atoms with Crippen LogP contribution in [-0.4, -0.2) is 12.0 Å². The number of hydrogen-bond donors (Lipinski definition) is 1. The molecule has 2 bridgehead atoms. The van der Waals surface area contributed by atoms with Crippen LogP contribution in [0, 0.1) is 56.2 Å². The third-order valence-electron chi connectivity index (χ3n) is 6.45. The minimum absolute atomic E-state index is 0.338. The zero-order valence-electron chi connectivity index (χ0n) is 16.9. The molecule has 1 aromatic rings. The molecule has 6 nitrogen and oxygen atoms in total. The van der Waals surface area contributed by atoms with Gasteiger partial charge in [0.05, 0.1) is 30.2 Å². The molecule has 4 atom stereocenters. The highest BCUT2D eigenvalue weighted by Crippen LogP contribution is 2.67. The van der Waals surface area contributed by atoms with E-state index >= 15 is 0 Å². The van der Waals surface area contributed by atoms with Gasteiger partial charge in [-0.1, -0.05) is 69.9 Å². The van der Waals surface area contributed by atoms with Gasteiger partial charge in [-0.15, -0.1) is 0 Å². The average molecular weight is 390 g/mol. The number of ether oxygens (including phenoxy) is 2. The van der Waals surface area contributed by atoms with Crippen LogP contribution in [0.2, 0.25) is 0 Å². The second-order valence-electron chi connectivity index (χ2n) is 7.83. The molecule has 4 unspecified atom stereocenters. The van der Waals surface area contributed by atoms with Gasteiger partial charge in [0.25, 0.3) is 0 Å². The summed E-state index contributed by atoms with van der Waals surface area (Å²) in [7, 11) is 0. The highest BCUT2D eigenvalue weighted by Gasteiger charge is 2.79. The first-order chi connectivity index (χ1) is 14.0. The van der Waals surface area contributed by atoms with Gasteiger partial charge in [-0.25, -0.2) is 0 Å². The predicted octanol–water partition coefficient (Wildman–Crippen LogP) is 4.79. The van der Waals surface area contributed by atoms with Crippen molar-refractivity contribution in [3.8, 4) is 18.2 Å². The maximum atomic E-state index is 10.3. The van der Waals surface area contributed by atoms with Gasteiger partial charge in [0, 0.05) is 5.56 Å². The molecule has 0 radical (unpaired) electrons. The minimum Gasteiger partial charge on any atom is -0.443 e. The summed E-state index contributed by atoms with van der Waals surface area (Å²) in [5.41, 5.74) is -2.76. The number of nitrogens with zero attached hydrogens (tertiary/aromatic N) is 3. The van der Waals surface area contributed by atoms with Crippen LogP contribution in [0.25, 0.3) is 0 Å². The van der Waals surface area contributed by atoms with E-state index in [1.807, 2.05) is 37.3 Å². The standard InChI is InChI=1S/C23H26N4O2/c1-3-5-6-10-13-19-21(14-24,15-25)22(16-26)18(4-2)23(28-19,29-20(22)27)17-11-8-7-9-12-17/h7-9,11-12,18-19,27H,3-6,10,13H2,1-2H3. The Morgan fingerprint density at radius 1 is 1.00 bits per heavy atom. The Morgan fingerprint density at radius 3 is 2.24 bits per heavy atom. The van der Waals surface area contributed by atoms with Gasteiger partial charge in [-0.2, -0.15) is 15.8 Å². The lowest BCUT2D eigenvalue weighted by Crippen LogP contribution is -2.61. The summed E-state index contributed by atoms with van der Waals surface area (Å²) >= 11 is 0. The average Bonchev–Trinajstić information content (AvgIpc) is 2.96. The van der Waals surface area contributed by atoms with Crippen molar-refractivity contribution in [2.45, 2.75) is 64.3 Å². The van der Waals surface area contributed by atoms with Gasteiger partial charge >= 0.3 is 0 Å². The van der Waals surface area contributed by atoms with Crippen molar-refractivity contribution in [2.24, 2.45) is 16.7 Å². The van der Waals surface area contributed by atoms with Gasteiger partial charge in [0.1, 0.15) is 0 Å². The summed E-state index contributed by atoms with van der Waals surface area (Å²) in [4.78, 5) is 0. The molecule has 0 spiro atoms. The lowest BCUT2D eigenvalue weighted by Gasteiger charge is -2.49. The van der Waals surface area contributed by atoms with Gasteiger partial charge in [-0.05, 0) is 12.8 Å². The molecule has 1 aromatic carbocycles. The quantitative estimate of drug-likeness (QED) is 0.673. The number of benzene rings is 1. The Labute approximate surface area is 172 Å². The van der Waals surface area contributed by atoms with Crippen LogP contribution < -0.4 is 0 Å². The van der Waals surface area contributed by atoms with E-state index in [1.54, 1.807) is 0 Å². The molecule has 3 rings (SSSR count). The zero-order valence-corrected chi connectivity index (χ0v) is 16.9. The lowest BCUT2D eigenvalue weighted by molar-refractivity contribution is -0.290. The Hall–Kier alpha value is -2.88. The fourth-order valence-electron chi connectivity index (χ4n) is 5.03. The van der Waals surface area contributed by atoms with E-state index in [4.69, 9.17) is 14.9 Å². The molecule has 0 saturated carbocycles. The number of nitrogens with one attached hydrogen (secondary N) is 1. The lowest BCUT2D eigenvalue weighted by atomic mass is 9.52. The van der Waals surface area contributed by atoms with Crippen molar-refractivity contribution >= 4 is 5.90 Å². The molecule has 0 aromatic heterocycles. The third kappa shape index (κ3) is 2.65. The second kappa shape index (κ2) is 7.86. The van der Waals surface area contributed by atoms with Gasteiger partial charge in [0.15, 0.2) is 10.8 Å². The number of fused-ring (bicyclic) bond motifs is 2. The Bertz CT molecular complexity index is 880. The van der Waals surface area contributed by atoms with E-state index in [-0.39, 0.29) is 5.90 Å². The fraction of sp³-hybridized carbons (Fsp3) is 0.565. The molecular formula is C23H26N4O2. The van der Waals surface area contributed by atoms with E-state index in [1.165, 1.54) is 0 Å². The van der Waals surface area contributed by atoms with E-state index in [0.29, 0.717) is 18.4 Å². The number of hydrogen-bond acceptors (Lipinski definition) is 6. The maximum Gasteiger partial charge on any atom is 0.244 e. The van der Waals surface area contributed by atoms with E-state index in [9.17, 15) is 15.8 Å². The molecule has 2 heterocycles. The molecule has 6 heteroatoms. The van der Waals surface area contributed by atoms with Crippen molar-refractivity contribution in [1.29, 1.82) is 21.2 Å². The first-order valence-corrected chi connectivity index (χ1v) is 10.3. The van der Waals surface area contributed by atoms with E-state index < -0.39 is 28.6 Å². The maximum absolute atomic E-state index is 10.3. The summed E-state index contributed by atoms with van der Waals surface area (Å²) in [6, 6.07) is 15.7. The molecule has 29 heavy (non-hydrogen) atoms. The van der Waals surface area contributed by atoms with Crippen molar-refractivity contribution < 1.29 is 9.47 Å². The summed E-state index contributed by atoms with van der Waals surface area (Å²) in [6.07, 6.45) is 3.92. The molecule has 2 fully saturated rings.